The summed E-state index contributed by atoms with van der Waals surface area (Å²) in [5, 5.41) is 3.19. The van der Waals surface area contributed by atoms with E-state index in [1.165, 1.54) is 25.7 Å². The van der Waals surface area contributed by atoms with Crippen LogP contribution in [0.4, 0.5) is 4.79 Å². The maximum Gasteiger partial charge on any atom is 0.317 e. The number of nitrogens with zero attached hydrogens (tertiary/aromatic N) is 1. The maximum atomic E-state index is 11.9. The standard InChI is InChI=1S/C13H24N2O/c1-13(2)7-5-11(6-8-13)14-12(16)15-9-3-4-10-15/h11H,3-10H2,1-2H3,(H,14,16). The third kappa shape index (κ3) is 2.89. The number of hydrogen-bond acceptors (Lipinski definition) is 1. The first-order chi connectivity index (χ1) is 7.57. The molecule has 2 fully saturated rings. The molecule has 0 aromatic rings. The Bertz CT molecular complexity index is 247. The van der Waals surface area contributed by atoms with Crippen LogP contribution in [0.2, 0.25) is 0 Å². The summed E-state index contributed by atoms with van der Waals surface area (Å²) in [5.74, 6) is 0. The minimum Gasteiger partial charge on any atom is -0.335 e. The highest BCUT2D eigenvalue weighted by molar-refractivity contribution is 5.74. The van der Waals surface area contributed by atoms with E-state index in [0.717, 1.165) is 25.9 Å². The minimum absolute atomic E-state index is 0.169. The first-order valence-electron chi connectivity index (χ1n) is 6.62. The van der Waals surface area contributed by atoms with Crippen molar-refractivity contribution in [3.05, 3.63) is 0 Å². The van der Waals surface area contributed by atoms with E-state index < -0.39 is 0 Å². The van der Waals surface area contributed by atoms with Gasteiger partial charge in [-0.05, 0) is 43.9 Å². The summed E-state index contributed by atoms with van der Waals surface area (Å²) in [5.41, 5.74) is 0.481. The average Bonchev–Trinajstić information content (AvgIpc) is 2.74. The average molecular weight is 224 g/mol. The first kappa shape index (κ1) is 11.7. The molecular formula is C13H24N2O. The van der Waals surface area contributed by atoms with E-state index in [9.17, 15) is 4.79 Å². The Balaban J connectivity index is 1.76. The quantitative estimate of drug-likeness (QED) is 0.730. The van der Waals surface area contributed by atoms with E-state index in [4.69, 9.17) is 0 Å². The molecule has 3 nitrogen and oxygen atoms in total. The van der Waals surface area contributed by atoms with Gasteiger partial charge < -0.3 is 10.2 Å². The summed E-state index contributed by atoms with van der Waals surface area (Å²) < 4.78 is 0. The second-order valence-corrected chi connectivity index (χ2v) is 6.08. The SMILES string of the molecule is CC1(C)CCC(NC(=O)N2CCCC2)CC1. The van der Waals surface area contributed by atoms with Gasteiger partial charge in [0.05, 0.1) is 0 Å². The molecule has 1 aliphatic heterocycles. The zero-order chi connectivity index (χ0) is 11.6. The lowest BCUT2D eigenvalue weighted by atomic mass is 9.76. The Hall–Kier alpha value is -0.730. The molecule has 0 unspecified atom stereocenters. The molecule has 3 heteroatoms. The molecule has 2 rings (SSSR count). The normalized spacial score (nSPS) is 25.8. The molecule has 0 radical (unpaired) electrons. The second-order valence-electron chi connectivity index (χ2n) is 6.08. The van der Waals surface area contributed by atoms with Gasteiger partial charge in [-0.2, -0.15) is 0 Å². The van der Waals surface area contributed by atoms with Crippen molar-refractivity contribution in [2.24, 2.45) is 5.41 Å². The van der Waals surface area contributed by atoms with Crippen LogP contribution in [0, 0.1) is 5.41 Å². The number of rotatable bonds is 1. The number of nitrogens with one attached hydrogen (secondary N) is 1. The van der Waals surface area contributed by atoms with Crippen molar-refractivity contribution in [1.29, 1.82) is 0 Å². The lowest BCUT2D eigenvalue weighted by molar-refractivity contribution is 0.180. The van der Waals surface area contributed by atoms with E-state index >= 15 is 0 Å². The number of carbonyl (C=O) groups excluding carboxylic acids is 1. The summed E-state index contributed by atoms with van der Waals surface area (Å²) >= 11 is 0. The second kappa shape index (κ2) is 4.64. The first-order valence-corrected chi connectivity index (χ1v) is 6.62. The predicted molar refractivity (Wildman–Crippen MR) is 65.4 cm³/mol. The molecule has 0 spiro atoms. The monoisotopic (exact) mass is 224 g/mol. The van der Waals surface area contributed by atoms with Gasteiger partial charge in [-0.1, -0.05) is 13.8 Å². The van der Waals surface area contributed by atoms with E-state index in [2.05, 4.69) is 19.2 Å². The molecule has 2 amide bonds. The molecular weight excluding hydrogens is 200 g/mol. The Morgan fingerprint density at radius 3 is 2.31 bits per heavy atom. The Morgan fingerprint density at radius 2 is 1.75 bits per heavy atom. The van der Waals surface area contributed by atoms with Gasteiger partial charge in [-0.15, -0.1) is 0 Å². The Kier molecular flexibility index (Phi) is 3.41. The molecule has 0 bridgehead atoms. The van der Waals surface area contributed by atoms with Crippen LogP contribution in [0.1, 0.15) is 52.4 Å². The lowest BCUT2D eigenvalue weighted by Crippen LogP contribution is -2.45. The fraction of sp³-hybridized carbons (Fsp3) is 0.923. The maximum absolute atomic E-state index is 11.9. The third-order valence-electron chi connectivity index (χ3n) is 4.06. The molecule has 2 aliphatic rings. The molecule has 1 saturated carbocycles. The van der Waals surface area contributed by atoms with Crippen molar-refractivity contribution in [3.63, 3.8) is 0 Å². The van der Waals surface area contributed by atoms with Crippen molar-refractivity contribution in [2.75, 3.05) is 13.1 Å². The number of carbonyl (C=O) groups is 1. The van der Waals surface area contributed by atoms with Gasteiger partial charge in [-0.25, -0.2) is 4.79 Å². The molecule has 1 N–H and O–H groups in total. The summed E-state index contributed by atoms with van der Waals surface area (Å²) in [4.78, 5) is 13.8. The van der Waals surface area contributed by atoms with Crippen LogP contribution in [0.5, 0.6) is 0 Å². The van der Waals surface area contributed by atoms with E-state index in [1.54, 1.807) is 0 Å². The Labute approximate surface area is 98.6 Å². The van der Waals surface area contributed by atoms with Crippen LogP contribution in [-0.2, 0) is 0 Å². The van der Waals surface area contributed by atoms with Gasteiger partial charge in [0, 0.05) is 19.1 Å². The number of likely N-dealkylation sites (tertiary alicyclic amines) is 1. The number of hydrogen-bond donors (Lipinski definition) is 1. The molecule has 0 aromatic heterocycles. The van der Waals surface area contributed by atoms with Crippen LogP contribution in [0.3, 0.4) is 0 Å². The molecule has 1 heterocycles. The molecule has 92 valence electrons. The minimum atomic E-state index is 0.169. The zero-order valence-corrected chi connectivity index (χ0v) is 10.6. The summed E-state index contributed by atoms with van der Waals surface area (Å²) in [7, 11) is 0. The van der Waals surface area contributed by atoms with Gasteiger partial charge in [0.1, 0.15) is 0 Å². The highest BCUT2D eigenvalue weighted by Crippen LogP contribution is 2.35. The van der Waals surface area contributed by atoms with Crippen molar-refractivity contribution < 1.29 is 4.79 Å². The zero-order valence-electron chi connectivity index (χ0n) is 10.6. The van der Waals surface area contributed by atoms with Gasteiger partial charge in [-0.3, -0.25) is 0 Å². The smallest absolute Gasteiger partial charge is 0.317 e. The fourth-order valence-corrected chi connectivity index (χ4v) is 2.73. The highest BCUT2D eigenvalue weighted by atomic mass is 16.2. The topological polar surface area (TPSA) is 32.3 Å². The van der Waals surface area contributed by atoms with Crippen LogP contribution in [0.15, 0.2) is 0 Å². The van der Waals surface area contributed by atoms with E-state index in [1.807, 2.05) is 4.90 Å². The third-order valence-corrected chi connectivity index (χ3v) is 4.06. The van der Waals surface area contributed by atoms with Crippen LogP contribution in [-0.4, -0.2) is 30.1 Å². The highest BCUT2D eigenvalue weighted by Gasteiger charge is 2.28. The Morgan fingerprint density at radius 1 is 1.19 bits per heavy atom. The van der Waals surface area contributed by atoms with E-state index in [-0.39, 0.29) is 6.03 Å². The fourth-order valence-electron chi connectivity index (χ4n) is 2.73. The largest absolute Gasteiger partial charge is 0.335 e. The van der Waals surface area contributed by atoms with Crippen molar-refractivity contribution >= 4 is 6.03 Å². The van der Waals surface area contributed by atoms with Crippen LogP contribution in [0.25, 0.3) is 0 Å². The van der Waals surface area contributed by atoms with Gasteiger partial charge in [0.15, 0.2) is 0 Å². The van der Waals surface area contributed by atoms with Crippen LogP contribution < -0.4 is 5.32 Å². The van der Waals surface area contributed by atoms with E-state index in [0.29, 0.717) is 11.5 Å². The molecule has 1 aliphatic carbocycles. The van der Waals surface area contributed by atoms with Gasteiger partial charge in [0.25, 0.3) is 0 Å². The molecule has 0 atom stereocenters. The molecule has 1 saturated heterocycles. The number of amides is 2. The van der Waals surface area contributed by atoms with Gasteiger partial charge >= 0.3 is 6.03 Å². The predicted octanol–water partition coefficient (Wildman–Crippen LogP) is 2.76. The summed E-state index contributed by atoms with van der Waals surface area (Å²) in [6.07, 6.45) is 7.10. The number of urea groups is 1. The van der Waals surface area contributed by atoms with Gasteiger partial charge in [0.2, 0.25) is 0 Å². The summed E-state index contributed by atoms with van der Waals surface area (Å²) in [6.45, 7) is 6.55. The van der Waals surface area contributed by atoms with Crippen LogP contribution >= 0.6 is 0 Å². The van der Waals surface area contributed by atoms with Crippen molar-refractivity contribution in [2.45, 2.75) is 58.4 Å². The van der Waals surface area contributed by atoms with Crippen molar-refractivity contribution in [3.8, 4) is 0 Å². The van der Waals surface area contributed by atoms with Crippen molar-refractivity contribution in [1.82, 2.24) is 10.2 Å². The lowest BCUT2D eigenvalue weighted by Gasteiger charge is -2.35. The molecule has 16 heavy (non-hydrogen) atoms. The molecule has 0 aromatic carbocycles. The summed E-state index contributed by atoms with van der Waals surface area (Å²) in [6, 6.07) is 0.586.